The van der Waals surface area contributed by atoms with Crippen LogP contribution in [0.25, 0.3) is 0 Å². The molecule has 0 saturated heterocycles. The van der Waals surface area contributed by atoms with Crippen molar-refractivity contribution in [2.24, 2.45) is 0 Å². The van der Waals surface area contributed by atoms with Crippen molar-refractivity contribution < 1.29 is 26.4 Å². The third-order valence-electron chi connectivity index (χ3n) is 4.22. The van der Waals surface area contributed by atoms with E-state index in [0.29, 0.717) is 13.0 Å². The predicted octanol–water partition coefficient (Wildman–Crippen LogP) is 3.53. The lowest BCUT2D eigenvalue weighted by atomic mass is 10.1. The van der Waals surface area contributed by atoms with Crippen LogP contribution in [0.5, 0.6) is 0 Å². The summed E-state index contributed by atoms with van der Waals surface area (Å²) in [5.74, 6) is -0.528. The summed E-state index contributed by atoms with van der Waals surface area (Å²) in [4.78, 5) is 12.2. The molecule has 0 aliphatic carbocycles. The molecule has 2 rings (SSSR count). The molecule has 9 heteroatoms. The number of hydrogen-bond acceptors (Lipinski definition) is 3. The van der Waals surface area contributed by atoms with Crippen molar-refractivity contribution in [2.75, 3.05) is 23.7 Å². The number of halogens is 3. The molecular formula is C20H23F3N2O3S. The number of alkyl halides is 3. The number of carbonyl (C=O) groups excluding carboxylic acids is 1. The van der Waals surface area contributed by atoms with Gasteiger partial charge in [0.1, 0.15) is 6.54 Å². The van der Waals surface area contributed by atoms with Gasteiger partial charge in [-0.25, -0.2) is 8.42 Å². The first-order chi connectivity index (χ1) is 13.5. The average Bonchev–Trinajstić information content (AvgIpc) is 2.62. The smallest absolute Gasteiger partial charge is 0.355 e. The van der Waals surface area contributed by atoms with E-state index >= 15 is 0 Å². The number of hydrogen-bond donors (Lipinski definition) is 1. The lowest BCUT2D eigenvalue weighted by molar-refractivity contribution is -0.137. The number of rotatable bonds is 8. The van der Waals surface area contributed by atoms with Gasteiger partial charge in [0.25, 0.3) is 0 Å². The molecule has 0 unspecified atom stereocenters. The van der Waals surface area contributed by atoms with E-state index in [0.717, 1.165) is 52.4 Å². The zero-order valence-corrected chi connectivity index (χ0v) is 17.0. The molecule has 158 valence electrons. The number of carbonyl (C=O) groups is 1. The van der Waals surface area contributed by atoms with Crippen LogP contribution >= 0.6 is 0 Å². The molecule has 0 bridgehead atoms. The molecule has 0 fully saturated rings. The van der Waals surface area contributed by atoms with E-state index in [9.17, 15) is 26.4 Å². The standard InChI is InChI=1S/C20H23F3N2O3S/c1-15-5-3-6-16(13-15)7-4-12-24-19(26)14-25(29(2,27)28)18-10-8-17(9-11-18)20(21,22)23/h3,5-6,8-11,13H,4,7,12,14H2,1-2H3,(H,24,26). The highest BCUT2D eigenvalue weighted by Crippen LogP contribution is 2.30. The van der Waals surface area contributed by atoms with Crippen LogP contribution in [-0.4, -0.2) is 33.7 Å². The molecule has 0 aliphatic rings. The van der Waals surface area contributed by atoms with E-state index < -0.39 is 34.2 Å². The third-order valence-corrected chi connectivity index (χ3v) is 5.36. The van der Waals surface area contributed by atoms with Gasteiger partial charge in [0.05, 0.1) is 17.5 Å². The number of sulfonamides is 1. The van der Waals surface area contributed by atoms with Crippen molar-refractivity contribution in [1.29, 1.82) is 0 Å². The van der Waals surface area contributed by atoms with Crippen LogP contribution in [0.3, 0.4) is 0 Å². The molecule has 1 amide bonds. The number of nitrogens with zero attached hydrogens (tertiary/aromatic N) is 1. The topological polar surface area (TPSA) is 66.5 Å². The first kappa shape index (κ1) is 22.7. The fraction of sp³-hybridized carbons (Fsp3) is 0.350. The van der Waals surface area contributed by atoms with Crippen molar-refractivity contribution in [1.82, 2.24) is 5.32 Å². The Morgan fingerprint density at radius 2 is 1.76 bits per heavy atom. The normalized spacial score (nSPS) is 11.9. The molecule has 0 spiro atoms. The second kappa shape index (κ2) is 9.30. The second-order valence-electron chi connectivity index (χ2n) is 6.76. The molecule has 5 nitrogen and oxygen atoms in total. The van der Waals surface area contributed by atoms with Crippen LogP contribution in [0.2, 0.25) is 0 Å². The van der Waals surface area contributed by atoms with E-state index in [1.807, 2.05) is 25.1 Å². The Bertz CT molecular complexity index is 942. The van der Waals surface area contributed by atoms with Gasteiger partial charge in [0, 0.05) is 6.54 Å². The average molecular weight is 428 g/mol. The van der Waals surface area contributed by atoms with E-state index in [1.54, 1.807) is 0 Å². The number of anilines is 1. The summed E-state index contributed by atoms with van der Waals surface area (Å²) in [5.41, 5.74) is 1.39. The molecule has 2 aromatic carbocycles. The van der Waals surface area contributed by atoms with Crippen LogP contribution in [0.15, 0.2) is 48.5 Å². The summed E-state index contributed by atoms with van der Waals surface area (Å²) in [5, 5.41) is 2.65. The fourth-order valence-corrected chi connectivity index (χ4v) is 3.65. The minimum absolute atomic E-state index is 0.00425. The highest BCUT2D eigenvalue weighted by Gasteiger charge is 2.30. The minimum atomic E-state index is -4.52. The van der Waals surface area contributed by atoms with Gasteiger partial charge in [-0.05, 0) is 49.6 Å². The van der Waals surface area contributed by atoms with Crippen molar-refractivity contribution in [3.05, 3.63) is 65.2 Å². The van der Waals surface area contributed by atoms with Crippen molar-refractivity contribution in [3.63, 3.8) is 0 Å². The van der Waals surface area contributed by atoms with Crippen molar-refractivity contribution >= 4 is 21.6 Å². The van der Waals surface area contributed by atoms with Gasteiger partial charge >= 0.3 is 6.18 Å². The lowest BCUT2D eigenvalue weighted by Gasteiger charge is -2.22. The number of benzene rings is 2. The fourth-order valence-electron chi connectivity index (χ4n) is 2.79. The quantitative estimate of drug-likeness (QED) is 0.654. The Hall–Kier alpha value is -2.55. The van der Waals surface area contributed by atoms with Gasteiger partial charge in [0.2, 0.25) is 15.9 Å². The van der Waals surface area contributed by atoms with Gasteiger partial charge < -0.3 is 5.32 Å². The van der Waals surface area contributed by atoms with Gasteiger partial charge in [-0.1, -0.05) is 29.8 Å². The molecule has 1 N–H and O–H groups in total. The highest BCUT2D eigenvalue weighted by molar-refractivity contribution is 7.92. The van der Waals surface area contributed by atoms with Crippen LogP contribution in [-0.2, 0) is 27.4 Å². The Balaban J connectivity index is 1.95. The number of nitrogens with one attached hydrogen (secondary N) is 1. The highest BCUT2D eigenvalue weighted by atomic mass is 32.2. The summed E-state index contributed by atoms with van der Waals surface area (Å²) < 4.78 is 62.9. The number of aryl methyl sites for hydroxylation is 2. The first-order valence-electron chi connectivity index (χ1n) is 8.94. The van der Waals surface area contributed by atoms with Crippen LogP contribution in [0.1, 0.15) is 23.1 Å². The minimum Gasteiger partial charge on any atom is -0.355 e. The van der Waals surface area contributed by atoms with E-state index in [2.05, 4.69) is 11.4 Å². The van der Waals surface area contributed by atoms with E-state index in [-0.39, 0.29) is 5.69 Å². The summed E-state index contributed by atoms with van der Waals surface area (Å²) in [6, 6.07) is 11.6. The third kappa shape index (κ3) is 7.08. The summed E-state index contributed by atoms with van der Waals surface area (Å²) >= 11 is 0. The van der Waals surface area contributed by atoms with E-state index in [1.165, 1.54) is 0 Å². The van der Waals surface area contributed by atoms with Gasteiger partial charge in [-0.2, -0.15) is 13.2 Å². The lowest BCUT2D eigenvalue weighted by Crippen LogP contribution is -2.40. The zero-order chi connectivity index (χ0) is 21.7. The molecule has 29 heavy (non-hydrogen) atoms. The molecule has 0 aromatic heterocycles. The van der Waals surface area contributed by atoms with Gasteiger partial charge in [-0.15, -0.1) is 0 Å². The SMILES string of the molecule is Cc1cccc(CCCNC(=O)CN(c2ccc(C(F)(F)F)cc2)S(C)(=O)=O)c1. The van der Waals surface area contributed by atoms with Crippen molar-refractivity contribution in [2.45, 2.75) is 25.9 Å². The maximum atomic E-state index is 12.7. The largest absolute Gasteiger partial charge is 0.416 e. The Morgan fingerprint density at radius 3 is 2.31 bits per heavy atom. The molecule has 0 radical (unpaired) electrons. The summed E-state index contributed by atoms with van der Waals surface area (Å²) in [7, 11) is -3.85. The Labute approximate surface area is 168 Å². The maximum absolute atomic E-state index is 12.7. The zero-order valence-electron chi connectivity index (χ0n) is 16.2. The predicted molar refractivity (Wildman–Crippen MR) is 106 cm³/mol. The molecule has 0 atom stereocenters. The first-order valence-corrected chi connectivity index (χ1v) is 10.8. The Morgan fingerprint density at radius 1 is 1.10 bits per heavy atom. The number of amides is 1. The van der Waals surface area contributed by atoms with Gasteiger partial charge in [-0.3, -0.25) is 9.10 Å². The van der Waals surface area contributed by atoms with Crippen LogP contribution in [0, 0.1) is 6.92 Å². The monoisotopic (exact) mass is 428 g/mol. The van der Waals surface area contributed by atoms with Crippen LogP contribution < -0.4 is 9.62 Å². The molecule has 0 heterocycles. The molecule has 0 aliphatic heterocycles. The van der Waals surface area contributed by atoms with Crippen LogP contribution in [0.4, 0.5) is 18.9 Å². The molecule has 2 aromatic rings. The summed E-state index contributed by atoms with van der Waals surface area (Å²) in [6.45, 7) is 1.85. The van der Waals surface area contributed by atoms with Crippen molar-refractivity contribution in [3.8, 4) is 0 Å². The van der Waals surface area contributed by atoms with E-state index in [4.69, 9.17) is 0 Å². The second-order valence-corrected chi connectivity index (χ2v) is 8.66. The Kier molecular flexibility index (Phi) is 7.29. The molecule has 0 saturated carbocycles. The molecular weight excluding hydrogens is 405 g/mol. The maximum Gasteiger partial charge on any atom is 0.416 e. The van der Waals surface area contributed by atoms with Gasteiger partial charge in [0.15, 0.2) is 0 Å². The summed E-state index contributed by atoms with van der Waals surface area (Å²) in [6.07, 6.45) is -2.19.